The van der Waals surface area contributed by atoms with E-state index in [0.29, 0.717) is 11.4 Å². The van der Waals surface area contributed by atoms with Gasteiger partial charge in [-0.1, -0.05) is 19.1 Å². The molecule has 0 spiro atoms. The van der Waals surface area contributed by atoms with Crippen LogP contribution in [-0.2, 0) is 16.6 Å². The van der Waals surface area contributed by atoms with E-state index in [0.717, 1.165) is 12.1 Å². The molecule has 0 saturated heterocycles. The molecule has 0 fully saturated rings. The minimum Gasteiger partial charge on any atom is -0.316 e. The Labute approximate surface area is 110 Å². The molecule has 0 saturated carbocycles. The van der Waals surface area contributed by atoms with Crippen LogP contribution in [0.5, 0.6) is 0 Å². The fourth-order valence-electron chi connectivity index (χ4n) is 1.93. The number of rotatable bonds is 6. The molecule has 5 heteroatoms. The normalized spacial score (nSPS) is 12.3. The Kier molecular flexibility index (Phi) is 5.31. The number of hydrogen-bond donors (Lipinski definition) is 1. The highest BCUT2D eigenvalue weighted by Crippen LogP contribution is 2.18. The van der Waals surface area contributed by atoms with E-state index in [1.807, 2.05) is 40.0 Å². The maximum atomic E-state index is 12.4. The van der Waals surface area contributed by atoms with Gasteiger partial charge < -0.3 is 5.32 Å². The third kappa shape index (κ3) is 3.31. The zero-order valence-electron chi connectivity index (χ0n) is 11.5. The van der Waals surface area contributed by atoms with E-state index in [9.17, 15) is 8.42 Å². The Bertz CT molecular complexity index is 466. The average Bonchev–Trinajstić information content (AvgIpc) is 2.30. The predicted octanol–water partition coefficient (Wildman–Crippen LogP) is 1.83. The molecule has 0 aliphatic carbocycles. The number of nitrogens with zero attached hydrogens (tertiary/aromatic N) is 1. The fourth-order valence-corrected chi connectivity index (χ4v) is 3.58. The van der Waals surface area contributed by atoms with Crippen molar-refractivity contribution in [2.45, 2.75) is 38.3 Å². The summed E-state index contributed by atoms with van der Waals surface area (Å²) in [5.74, 6) is 0. The van der Waals surface area contributed by atoms with Crippen LogP contribution >= 0.6 is 0 Å². The summed E-state index contributed by atoms with van der Waals surface area (Å²) in [6.07, 6.45) is 0. The van der Waals surface area contributed by atoms with Crippen LogP contribution in [0.4, 0.5) is 0 Å². The lowest BCUT2D eigenvalue weighted by Crippen LogP contribution is -2.36. The van der Waals surface area contributed by atoms with E-state index in [2.05, 4.69) is 5.32 Å². The summed E-state index contributed by atoms with van der Waals surface area (Å²) in [6.45, 7) is 6.85. The number of hydrogen-bond acceptors (Lipinski definition) is 3. The van der Waals surface area contributed by atoms with Gasteiger partial charge in [-0.25, -0.2) is 8.42 Å². The van der Waals surface area contributed by atoms with Crippen LogP contribution in [-0.4, -0.2) is 32.4 Å². The van der Waals surface area contributed by atoms with Crippen molar-refractivity contribution in [2.75, 3.05) is 13.6 Å². The van der Waals surface area contributed by atoms with E-state index in [4.69, 9.17) is 0 Å². The van der Waals surface area contributed by atoms with Gasteiger partial charge in [-0.2, -0.15) is 4.31 Å². The van der Waals surface area contributed by atoms with Crippen LogP contribution in [0.1, 0.15) is 26.3 Å². The van der Waals surface area contributed by atoms with Crippen LogP contribution in [0, 0.1) is 0 Å². The van der Waals surface area contributed by atoms with E-state index in [-0.39, 0.29) is 6.04 Å². The highest BCUT2D eigenvalue weighted by Gasteiger charge is 2.25. The van der Waals surface area contributed by atoms with Crippen LogP contribution in [0.2, 0.25) is 0 Å². The van der Waals surface area contributed by atoms with Gasteiger partial charge in [-0.15, -0.1) is 0 Å². The van der Waals surface area contributed by atoms with Crippen molar-refractivity contribution < 1.29 is 8.42 Å². The molecule has 0 atom stereocenters. The van der Waals surface area contributed by atoms with Crippen LogP contribution in [0.25, 0.3) is 0 Å². The third-order valence-electron chi connectivity index (χ3n) is 2.80. The molecule has 1 aromatic carbocycles. The number of sulfonamides is 1. The van der Waals surface area contributed by atoms with Crippen molar-refractivity contribution in [1.82, 2.24) is 9.62 Å². The van der Waals surface area contributed by atoms with Crippen LogP contribution < -0.4 is 5.32 Å². The summed E-state index contributed by atoms with van der Waals surface area (Å²) in [7, 11) is -1.51. The van der Waals surface area contributed by atoms with Gasteiger partial charge in [0.2, 0.25) is 10.0 Å². The first-order valence-electron chi connectivity index (χ1n) is 6.18. The lowest BCUT2D eigenvalue weighted by atomic mass is 10.2. The molecule has 0 heterocycles. The molecule has 0 bridgehead atoms. The summed E-state index contributed by atoms with van der Waals surface area (Å²) >= 11 is 0. The lowest BCUT2D eigenvalue weighted by molar-refractivity contribution is 0.369. The molecule has 0 amide bonds. The van der Waals surface area contributed by atoms with E-state index in [1.54, 1.807) is 12.1 Å². The van der Waals surface area contributed by atoms with Gasteiger partial charge in [0.05, 0.1) is 4.90 Å². The average molecular weight is 270 g/mol. The molecule has 1 aromatic rings. The molecule has 0 unspecified atom stereocenters. The first kappa shape index (κ1) is 15.1. The quantitative estimate of drug-likeness (QED) is 0.858. The topological polar surface area (TPSA) is 49.4 Å². The van der Waals surface area contributed by atoms with Gasteiger partial charge >= 0.3 is 0 Å². The van der Waals surface area contributed by atoms with Crippen LogP contribution in [0.3, 0.4) is 0 Å². The Morgan fingerprint density at radius 3 is 2.17 bits per heavy atom. The molecular formula is C13H22N2O2S. The smallest absolute Gasteiger partial charge is 0.243 e. The summed E-state index contributed by atoms with van der Waals surface area (Å²) in [6, 6.07) is 7.01. The van der Waals surface area contributed by atoms with Gasteiger partial charge in [-0.05, 0) is 38.6 Å². The molecule has 18 heavy (non-hydrogen) atoms. The second-order valence-electron chi connectivity index (χ2n) is 4.48. The van der Waals surface area contributed by atoms with Gasteiger partial charge in [-0.3, -0.25) is 0 Å². The second kappa shape index (κ2) is 6.31. The van der Waals surface area contributed by atoms with Crippen LogP contribution in [0.15, 0.2) is 29.2 Å². The predicted molar refractivity (Wildman–Crippen MR) is 73.9 cm³/mol. The van der Waals surface area contributed by atoms with Crippen molar-refractivity contribution >= 4 is 10.0 Å². The lowest BCUT2D eigenvalue weighted by Gasteiger charge is -2.24. The molecule has 1 N–H and O–H groups in total. The standard InChI is InChI=1S/C13H22N2O2S/c1-5-15(11(2)3)18(16,17)13-8-6-12(7-9-13)10-14-4/h6-9,11,14H,5,10H2,1-4H3. The third-order valence-corrected chi connectivity index (χ3v) is 4.96. The first-order chi connectivity index (χ1) is 8.43. The molecule has 1 rings (SSSR count). The summed E-state index contributed by atoms with van der Waals surface area (Å²) in [4.78, 5) is 0.359. The second-order valence-corrected chi connectivity index (χ2v) is 6.37. The van der Waals surface area contributed by atoms with Gasteiger partial charge in [0, 0.05) is 19.1 Å². The molecule has 4 nitrogen and oxygen atoms in total. The van der Waals surface area contributed by atoms with E-state index < -0.39 is 10.0 Å². The van der Waals surface area contributed by atoms with E-state index >= 15 is 0 Å². The molecule has 0 aliphatic heterocycles. The summed E-state index contributed by atoms with van der Waals surface area (Å²) < 4.78 is 26.3. The Balaban J connectivity index is 3.04. The Hall–Kier alpha value is -0.910. The zero-order valence-corrected chi connectivity index (χ0v) is 12.3. The van der Waals surface area contributed by atoms with Crippen molar-refractivity contribution in [1.29, 1.82) is 0 Å². The number of nitrogens with one attached hydrogen (secondary N) is 1. The van der Waals surface area contributed by atoms with Crippen molar-refractivity contribution in [3.05, 3.63) is 29.8 Å². The first-order valence-corrected chi connectivity index (χ1v) is 7.62. The van der Waals surface area contributed by atoms with Gasteiger partial charge in [0.1, 0.15) is 0 Å². The monoisotopic (exact) mass is 270 g/mol. The van der Waals surface area contributed by atoms with E-state index in [1.165, 1.54) is 4.31 Å². The zero-order chi connectivity index (χ0) is 13.8. The summed E-state index contributed by atoms with van der Waals surface area (Å²) in [5.41, 5.74) is 1.07. The maximum absolute atomic E-state index is 12.4. The molecule has 0 aliphatic rings. The number of benzene rings is 1. The van der Waals surface area contributed by atoms with Gasteiger partial charge in [0.25, 0.3) is 0 Å². The van der Waals surface area contributed by atoms with Crippen molar-refractivity contribution in [3.63, 3.8) is 0 Å². The minimum atomic E-state index is -3.37. The fraction of sp³-hybridized carbons (Fsp3) is 0.538. The van der Waals surface area contributed by atoms with Gasteiger partial charge in [0.15, 0.2) is 0 Å². The molecular weight excluding hydrogens is 248 g/mol. The SMILES string of the molecule is CCN(C(C)C)S(=O)(=O)c1ccc(CNC)cc1. The Morgan fingerprint density at radius 2 is 1.78 bits per heavy atom. The van der Waals surface area contributed by atoms with Crippen molar-refractivity contribution in [3.8, 4) is 0 Å². The Morgan fingerprint density at radius 1 is 1.22 bits per heavy atom. The minimum absolute atomic E-state index is 0.0306. The summed E-state index contributed by atoms with van der Waals surface area (Å²) in [5, 5.41) is 3.03. The molecule has 0 aromatic heterocycles. The maximum Gasteiger partial charge on any atom is 0.243 e. The molecule has 0 radical (unpaired) electrons. The largest absolute Gasteiger partial charge is 0.316 e. The highest BCUT2D eigenvalue weighted by molar-refractivity contribution is 7.89. The highest BCUT2D eigenvalue weighted by atomic mass is 32.2. The molecule has 102 valence electrons. The van der Waals surface area contributed by atoms with Crippen molar-refractivity contribution in [2.24, 2.45) is 0 Å².